The summed E-state index contributed by atoms with van der Waals surface area (Å²) in [6, 6.07) is 8.44. The fourth-order valence-electron chi connectivity index (χ4n) is 1.68. The van der Waals surface area contributed by atoms with Gasteiger partial charge in [0.05, 0.1) is 15.5 Å². The zero-order valence-electron chi connectivity index (χ0n) is 10.1. The topological polar surface area (TPSA) is 55.2 Å². The molecule has 0 radical (unpaired) electrons. The van der Waals surface area contributed by atoms with Crippen LogP contribution >= 0.6 is 23.2 Å². The highest BCUT2D eigenvalue weighted by Crippen LogP contribution is 2.25. The SMILES string of the molecule is O=[N+]([O-])c1ccc(Cl)cc1CNc1ccc(F)c(Cl)c1. The molecular weight excluding hydrogens is 306 g/mol. The second kappa shape index (κ2) is 6.07. The molecule has 0 heterocycles. The molecule has 0 aliphatic carbocycles. The average Bonchev–Trinajstić information content (AvgIpc) is 2.40. The van der Waals surface area contributed by atoms with Crippen LogP contribution in [-0.4, -0.2) is 4.92 Å². The molecule has 0 fully saturated rings. The van der Waals surface area contributed by atoms with Gasteiger partial charge in [-0.3, -0.25) is 10.1 Å². The summed E-state index contributed by atoms with van der Waals surface area (Å²) in [5, 5.41) is 14.2. The van der Waals surface area contributed by atoms with E-state index in [1.54, 1.807) is 0 Å². The van der Waals surface area contributed by atoms with Crippen LogP contribution in [0.3, 0.4) is 0 Å². The highest BCUT2D eigenvalue weighted by molar-refractivity contribution is 6.31. The Morgan fingerprint density at radius 2 is 1.95 bits per heavy atom. The Bertz CT molecular complexity index is 665. The van der Waals surface area contributed by atoms with Gasteiger partial charge in [-0.1, -0.05) is 23.2 Å². The van der Waals surface area contributed by atoms with E-state index in [1.807, 2.05) is 0 Å². The van der Waals surface area contributed by atoms with Crippen molar-refractivity contribution in [2.45, 2.75) is 6.54 Å². The van der Waals surface area contributed by atoms with E-state index in [0.717, 1.165) is 0 Å². The van der Waals surface area contributed by atoms with Crippen molar-refractivity contribution in [1.29, 1.82) is 0 Å². The monoisotopic (exact) mass is 314 g/mol. The number of nitro groups is 1. The van der Waals surface area contributed by atoms with Crippen LogP contribution in [0, 0.1) is 15.9 Å². The summed E-state index contributed by atoms with van der Waals surface area (Å²) in [4.78, 5) is 10.4. The molecule has 4 nitrogen and oxygen atoms in total. The molecule has 2 aromatic carbocycles. The van der Waals surface area contributed by atoms with Gasteiger partial charge in [0.2, 0.25) is 0 Å². The van der Waals surface area contributed by atoms with E-state index < -0.39 is 10.7 Å². The second-order valence-electron chi connectivity index (χ2n) is 4.01. The molecule has 0 aliphatic rings. The summed E-state index contributed by atoms with van der Waals surface area (Å²) in [6.45, 7) is 0.179. The molecule has 0 saturated heterocycles. The van der Waals surface area contributed by atoms with Crippen molar-refractivity contribution < 1.29 is 9.31 Å². The smallest absolute Gasteiger partial charge is 0.274 e. The van der Waals surface area contributed by atoms with Gasteiger partial charge < -0.3 is 5.32 Å². The lowest BCUT2D eigenvalue weighted by Gasteiger charge is -2.08. The number of nitro benzene ring substituents is 1. The van der Waals surface area contributed by atoms with E-state index in [1.165, 1.54) is 36.4 Å². The average molecular weight is 315 g/mol. The van der Waals surface area contributed by atoms with Crippen molar-refractivity contribution >= 4 is 34.6 Å². The fraction of sp³-hybridized carbons (Fsp3) is 0.0769. The van der Waals surface area contributed by atoms with Crippen LogP contribution < -0.4 is 5.32 Å². The first-order chi connectivity index (χ1) is 9.47. The van der Waals surface area contributed by atoms with Crippen LogP contribution in [0.5, 0.6) is 0 Å². The zero-order valence-corrected chi connectivity index (χ0v) is 11.6. The van der Waals surface area contributed by atoms with Crippen molar-refractivity contribution in [2.75, 3.05) is 5.32 Å². The Morgan fingerprint density at radius 3 is 2.60 bits per heavy atom. The van der Waals surface area contributed by atoms with E-state index in [9.17, 15) is 14.5 Å². The molecule has 2 rings (SSSR count). The number of nitrogens with zero attached hydrogens (tertiary/aromatic N) is 1. The first kappa shape index (κ1) is 14.6. The van der Waals surface area contributed by atoms with Gasteiger partial charge in [0.25, 0.3) is 5.69 Å². The molecule has 0 amide bonds. The number of halogens is 3. The van der Waals surface area contributed by atoms with Gasteiger partial charge in [-0.2, -0.15) is 0 Å². The zero-order chi connectivity index (χ0) is 14.7. The molecule has 1 N–H and O–H groups in total. The van der Waals surface area contributed by atoms with Crippen LogP contribution in [0.25, 0.3) is 0 Å². The maximum Gasteiger partial charge on any atom is 0.274 e. The second-order valence-corrected chi connectivity index (χ2v) is 4.86. The Kier molecular flexibility index (Phi) is 4.42. The maximum absolute atomic E-state index is 13.0. The van der Waals surface area contributed by atoms with Crippen molar-refractivity contribution in [2.24, 2.45) is 0 Å². The minimum absolute atomic E-state index is 0.0180. The molecule has 0 saturated carbocycles. The number of anilines is 1. The lowest BCUT2D eigenvalue weighted by atomic mass is 10.1. The summed E-state index contributed by atoms with van der Waals surface area (Å²) in [5.41, 5.74) is 0.962. The Hall–Kier alpha value is -1.85. The van der Waals surface area contributed by atoms with Crippen LogP contribution in [0.1, 0.15) is 5.56 Å². The lowest BCUT2D eigenvalue weighted by Crippen LogP contribution is -2.03. The Morgan fingerprint density at radius 1 is 1.20 bits per heavy atom. The lowest BCUT2D eigenvalue weighted by molar-refractivity contribution is -0.385. The predicted molar refractivity (Wildman–Crippen MR) is 76.8 cm³/mol. The molecule has 0 unspecified atom stereocenters. The highest BCUT2D eigenvalue weighted by Gasteiger charge is 2.13. The van der Waals surface area contributed by atoms with Crippen molar-refractivity contribution in [3.63, 3.8) is 0 Å². The van der Waals surface area contributed by atoms with Crippen LogP contribution in [0.15, 0.2) is 36.4 Å². The minimum Gasteiger partial charge on any atom is -0.381 e. The molecule has 20 heavy (non-hydrogen) atoms. The summed E-state index contributed by atoms with van der Waals surface area (Å²) in [7, 11) is 0. The van der Waals surface area contributed by atoms with Crippen LogP contribution in [0.4, 0.5) is 15.8 Å². The Labute approximate surface area is 124 Å². The fourth-order valence-corrected chi connectivity index (χ4v) is 2.05. The minimum atomic E-state index is -0.522. The molecule has 2 aromatic rings. The molecule has 0 bridgehead atoms. The third kappa shape index (κ3) is 3.37. The normalized spacial score (nSPS) is 10.3. The van der Waals surface area contributed by atoms with E-state index in [4.69, 9.17) is 23.2 Å². The summed E-state index contributed by atoms with van der Waals surface area (Å²) < 4.78 is 13.0. The summed E-state index contributed by atoms with van der Waals surface area (Å²) in [6.07, 6.45) is 0. The molecule has 7 heteroatoms. The highest BCUT2D eigenvalue weighted by atomic mass is 35.5. The van der Waals surface area contributed by atoms with Crippen molar-refractivity contribution in [3.8, 4) is 0 Å². The van der Waals surface area contributed by atoms with Gasteiger partial charge in [-0.15, -0.1) is 0 Å². The van der Waals surface area contributed by atoms with Crippen LogP contribution in [-0.2, 0) is 6.54 Å². The number of hydrogen-bond acceptors (Lipinski definition) is 3. The van der Waals surface area contributed by atoms with Crippen LogP contribution in [0.2, 0.25) is 10.0 Å². The molecule has 0 atom stereocenters. The van der Waals surface area contributed by atoms with E-state index >= 15 is 0 Å². The standard InChI is InChI=1S/C13H9Cl2FN2O2/c14-9-1-4-13(18(19)20)8(5-9)7-17-10-2-3-12(16)11(15)6-10/h1-6,17H,7H2. The van der Waals surface area contributed by atoms with Gasteiger partial charge >= 0.3 is 0 Å². The maximum atomic E-state index is 13.0. The first-order valence-corrected chi connectivity index (χ1v) is 6.34. The third-order valence-electron chi connectivity index (χ3n) is 2.64. The van der Waals surface area contributed by atoms with Crippen molar-refractivity contribution in [3.05, 3.63) is 67.9 Å². The summed E-state index contributed by atoms with van der Waals surface area (Å²) >= 11 is 11.5. The number of rotatable bonds is 4. The molecule has 0 aliphatic heterocycles. The molecule has 104 valence electrons. The van der Waals surface area contributed by atoms with Gasteiger partial charge in [0.1, 0.15) is 5.82 Å². The quantitative estimate of drug-likeness (QED) is 0.660. The predicted octanol–water partition coefficient (Wildman–Crippen LogP) is 4.65. The number of nitrogens with one attached hydrogen (secondary N) is 1. The molecule has 0 aromatic heterocycles. The van der Waals surface area contributed by atoms with E-state index in [0.29, 0.717) is 16.3 Å². The van der Waals surface area contributed by atoms with Gasteiger partial charge in [-0.25, -0.2) is 4.39 Å². The van der Waals surface area contributed by atoms with E-state index in [-0.39, 0.29) is 17.3 Å². The Balaban J connectivity index is 2.20. The number of hydrogen-bond donors (Lipinski definition) is 1. The molecule has 0 spiro atoms. The summed E-state index contributed by atoms with van der Waals surface area (Å²) in [5.74, 6) is -0.522. The first-order valence-electron chi connectivity index (χ1n) is 5.59. The van der Waals surface area contributed by atoms with Crippen molar-refractivity contribution in [1.82, 2.24) is 0 Å². The van der Waals surface area contributed by atoms with Gasteiger partial charge in [0, 0.05) is 23.3 Å². The number of benzene rings is 2. The van der Waals surface area contributed by atoms with Gasteiger partial charge in [0.15, 0.2) is 0 Å². The molecular formula is C13H9Cl2FN2O2. The van der Waals surface area contributed by atoms with Gasteiger partial charge in [-0.05, 0) is 30.3 Å². The van der Waals surface area contributed by atoms with E-state index in [2.05, 4.69) is 5.32 Å². The third-order valence-corrected chi connectivity index (χ3v) is 3.17. The largest absolute Gasteiger partial charge is 0.381 e.